The van der Waals surface area contributed by atoms with Gasteiger partial charge in [0.15, 0.2) is 0 Å². The summed E-state index contributed by atoms with van der Waals surface area (Å²) >= 11 is 5.99. The van der Waals surface area contributed by atoms with E-state index in [9.17, 15) is 14.9 Å². The molecule has 0 spiro atoms. The minimum atomic E-state index is -0.787. The Bertz CT molecular complexity index is 652. The van der Waals surface area contributed by atoms with E-state index in [4.69, 9.17) is 20.8 Å². The molecule has 1 aromatic carbocycles. The van der Waals surface area contributed by atoms with Crippen LogP contribution >= 0.6 is 11.6 Å². The van der Waals surface area contributed by atoms with Gasteiger partial charge in [0.25, 0.3) is 0 Å². The van der Waals surface area contributed by atoms with Crippen molar-refractivity contribution >= 4 is 23.5 Å². The normalized spacial score (nSPS) is 11.9. The molecule has 0 saturated heterocycles. The second-order valence-corrected chi connectivity index (χ2v) is 4.37. The maximum absolute atomic E-state index is 11.8. The summed E-state index contributed by atoms with van der Waals surface area (Å²) in [6.45, 7) is 1.65. The Morgan fingerprint density at radius 1 is 1.35 bits per heavy atom. The quantitative estimate of drug-likeness (QED) is 0.487. The summed E-state index contributed by atoms with van der Waals surface area (Å²) in [5.74, 6) is -1.52. The zero-order chi connectivity index (χ0) is 14.7. The summed E-state index contributed by atoms with van der Waals surface area (Å²) in [6, 6.07) is 9.22. The number of halogens is 1. The van der Waals surface area contributed by atoms with Crippen LogP contribution in [0.1, 0.15) is 29.1 Å². The van der Waals surface area contributed by atoms with Crippen LogP contribution in [0.4, 0.5) is 5.88 Å². The zero-order valence-corrected chi connectivity index (χ0v) is 11.2. The molecular weight excluding hydrogens is 286 g/mol. The van der Waals surface area contributed by atoms with Gasteiger partial charge in [-0.3, -0.25) is 10.1 Å². The zero-order valence-electron chi connectivity index (χ0n) is 10.4. The monoisotopic (exact) mass is 295 g/mol. The van der Waals surface area contributed by atoms with E-state index in [1.807, 2.05) is 0 Å². The van der Waals surface area contributed by atoms with E-state index in [-0.39, 0.29) is 5.76 Å². The first kappa shape index (κ1) is 14.1. The molecule has 0 aliphatic carbocycles. The molecule has 0 unspecified atom stereocenters. The number of carbonyl (C=O) groups excluding carboxylic acids is 1. The Hall–Kier alpha value is -2.34. The number of ether oxygens (including phenoxy) is 1. The SMILES string of the molecule is C[C@@H](OC(=O)c1ccc([N+](=O)[O-])o1)c1ccccc1Cl. The number of hydrogen-bond acceptors (Lipinski definition) is 5. The number of rotatable bonds is 4. The predicted octanol–water partition coefficient (Wildman–Crippen LogP) is 3.76. The minimum absolute atomic E-state index is 0.226. The van der Waals surface area contributed by atoms with Gasteiger partial charge in [0, 0.05) is 10.6 Å². The van der Waals surface area contributed by atoms with Crippen molar-refractivity contribution in [3.8, 4) is 0 Å². The van der Waals surface area contributed by atoms with Crippen LogP contribution in [0, 0.1) is 10.1 Å². The summed E-state index contributed by atoms with van der Waals surface area (Å²) in [7, 11) is 0. The Balaban J connectivity index is 2.11. The maximum Gasteiger partial charge on any atom is 0.433 e. The molecule has 0 saturated carbocycles. The number of hydrogen-bond donors (Lipinski definition) is 0. The lowest BCUT2D eigenvalue weighted by Crippen LogP contribution is -2.08. The smallest absolute Gasteiger partial charge is 0.433 e. The van der Waals surface area contributed by atoms with Gasteiger partial charge in [-0.2, -0.15) is 0 Å². The summed E-state index contributed by atoms with van der Waals surface area (Å²) < 4.78 is 9.92. The fourth-order valence-electron chi connectivity index (χ4n) is 1.62. The van der Waals surface area contributed by atoms with Crippen molar-refractivity contribution in [2.45, 2.75) is 13.0 Å². The lowest BCUT2D eigenvalue weighted by Gasteiger charge is -2.13. The van der Waals surface area contributed by atoms with Crippen LogP contribution in [0.25, 0.3) is 0 Å². The first-order valence-corrected chi connectivity index (χ1v) is 6.06. The van der Waals surface area contributed by atoms with E-state index in [0.29, 0.717) is 10.6 Å². The number of furan rings is 1. The van der Waals surface area contributed by atoms with Crippen LogP contribution in [0.3, 0.4) is 0 Å². The third-order valence-electron chi connectivity index (χ3n) is 2.60. The van der Waals surface area contributed by atoms with Crippen molar-refractivity contribution in [2.24, 2.45) is 0 Å². The largest absolute Gasteiger partial charge is 0.452 e. The second-order valence-electron chi connectivity index (χ2n) is 3.96. The third-order valence-corrected chi connectivity index (χ3v) is 2.94. The second kappa shape index (κ2) is 5.75. The molecule has 1 aromatic heterocycles. The third kappa shape index (κ3) is 2.97. The fourth-order valence-corrected chi connectivity index (χ4v) is 1.91. The van der Waals surface area contributed by atoms with Gasteiger partial charge in [-0.1, -0.05) is 29.8 Å². The van der Waals surface area contributed by atoms with Gasteiger partial charge in [-0.15, -0.1) is 0 Å². The topological polar surface area (TPSA) is 82.6 Å². The highest BCUT2D eigenvalue weighted by molar-refractivity contribution is 6.31. The molecule has 20 heavy (non-hydrogen) atoms. The number of nitro groups is 1. The summed E-state index contributed by atoms with van der Waals surface area (Å²) in [5, 5.41) is 10.9. The van der Waals surface area contributed by atoms with Gasteiger partial charge in [0.05, 0.1) is 6.07 Å². The summed E-state index contributed by atoms with van der Waals surface area (Å²) in [4.78, 5) is 21.5. The molecule has 7 heteroatoms. The van der Waals surface area contributed by atoms with Gasteiger partial charge >= 0.3 is 11.9 Å². The number of nitrogens with zero attached hydrogens (tertiary/aromatic N) is 1. The number of esters is 1. The van der Waals surface area contributed by atoms with Crippen molar-refractivity contribution in [1.29, 1.82) is 0 Å². The van der Waals surface area contributed by atoms with Crippen LogP contribution in [0.15, 0.2) is 40.8 Å². The van der Waals surface area contributed by atoms with Crippen LogP contribution in [0.5, 0.6) is 0 Å². The van der Waals surface area contributed by atoms with Crippen LogP contribution in [-0.2, 0) is 4.74 Å². The fraction of sp³-hybridized carbons (Fsp3) is 0.154. The number of carbonyl (C=O) groups is 1. The molecule has 1 heterocycles. The van der Waals surface area contributed by atoms with Crippen molar-refractivity contribution in [1.82, 2.24) is 0 Å². The van der Waals surface area contributed by atoms with E-state index < -0.39 is 22.9 Å². The molecule has 0 fully saturated rings. The first-order chi connectivity index (χ1) is 9.49. The lowest BCUT2D eigenvalue weighted by molar-refractivity contribution is -0.402. The maximum atomic E-state index is 11.8. The highest BCUT2D eigenvalue weighted by Gasteiger charge is 2.21. The molecule has 2 rings (SSSR count). The van der Waals surface area contributed by atoms with E-state index in [0.717, 1.165) is 6.07 Å². The Morgan fingerprint density at radius 3 is 2.65 bits per heavy atom. The van der Waals surface area contributed by atoms with Gasteiger partial charge in [-0.25, -0.2) is 4.79 Å². The molecular formula is C13H10ClNO5. The van der Waals surface area contributed by atoms with E-state index in [1.54, 1.807) is 31.2 Å². The molecule has 0 N–H and O–H groups in total. The molecule has 2 aromatic rings. The Labute approximate surface area is 119 Å². The Kier molecular flexibility index (Phi) is 4.05. The molecule has 0 amide bonds. The van der Waals surface area contributed by atoms with Crippen LogP contribution in [-0.4, -0.2) is 10.9 Å². The average Bonchev–Trinajstić information content (AvgIpc) is 2.88. The van der Waals surface area contributed by atoms with E-state index >= 15 is 0 Å². The average molecular weight is 296 g/mol. The Morgan fingerprint density at radius 2 is 2.05 bits per heavy atom. The van der Waals surface area contributed by atoms with Crippen molar-refractivity contribution in [3.05, 3.63) is 62.9 Å². The number of benzene rings is 1. The summed E-state index contributed by atoms with van der Waals surface area (Å²) in [5.41, 5.74) is 0.642. The molecule has 1 atom stereocenters. The summed E-state index contributed by atoms with van der Waals surface area (Å²) in [6.07, 6.45) is -0.597. The molecule has 0 aliphatic rings. The van der Waals surface area contributed by atoms with Crippen molar-refractivity contribution < 1.29 is 18.9 Å². The molecule has 104 valence electrons. The first-order valence-electron chi connectivity index (χ1n) is 5.68. The van der Waals surface area contributed by atoms with Crippen LogP contribution < -0.4 is 0 Å². The van der Waals surface area contributed by atoms with Gasteiger partial charge in [0.1, 0.15) is 11.0 Å². The van der Waals surface area contributed by atoms with Gasteiger partial charge in [-0.05, 0) is 19.1 Å². The van der Waals surface area contributed by atoms with Crippen molar-refractivity contribution in [3.63, 3.8) is 0 Å². The highest BCUT2D eigenvalue weighted by atomic mass is 35.5. The molecule has 0 aliphatic heterocycles. The van der Waals surface area contributed by atoms with Crippen molar-refractivity contribution in [2.75, 3.05) is 0 Å². The van der Waals surface area contributed by atoms with Gasteiger partial charge in [0.2, 0.25) is 5.76 Å². The van der Waals surface area contributed by atoms with E-state index in [2.05, 4.69) is 0 Å². The van der Waals surface area contributed by atoms with Crippen LogP contribution in [0.2, 0.25) is 5.02 Å². The van der Waals surface area contributed by atoms with Gasteiger partial charge < -0.3 is 9.15 Å². The lowest BCUT2D eigenvalue weighted by atomic mass is 10.1. The standard InChI is InChI=1S/C13H10ClNO5/c1-8(9-4-2-3-5-10(9)14)19-13(16)11-6-7-12(20-11)15(17)18/h2-8H,1H3/t8-/m1/s1. The molecule has 0 bridgehead atoms. The van der Waals surface area contributed by atoms with E-state index in [1.165, 1.54) is 6.07 Å². The highest BCUT2D eigenvalue weighted by Crippen LogP contribution is 2.26. The molecule has 6 nitrogen and oxygen atoms in total. The minimum Gasteiger partial charge on any atom is -0.452 e. The predicted molar refractivity (Wildman–Crippen MR) is 70.6 cm³/mol. The molecule has 0 radical (unpaired) electrons.